The third-order valence-electron chi connectivity index (χ3n) is 2.52. The molecule has 0 radical (unpaired) electrons. The first kappa shape index (κ1) is 12.7. The summed E-state index contributed by atoms with van der Waals surface area (Å²) >= 11 is 1.42. The molecule has 0 bridgehead atoms. The van der Waals surface area contributed by atoms with Gasteiger partial charge >= 0.3 is 0 Å². The number of benzene rings is 1. The van der Waals surface area contributed by atoms with E-state index in [1.54, 1.807) is 0 Å². The van der Waals surface area contributed by atoms with Crippen molar-refractivity contribution in [1.82, 2.24) is 14.8 Å². The number of rotatable bonds is 3. The third-order valence-corrected chi connectivity index (χ3v) is 3.45. The molecular weight excluding hydrogens is 244 g/mol. The van der Waals surface area contributed by atoms with Crippen LogP contribution in [-0.2, 0) is 0 Å². The normalized spacial score (nSPS) is 12.1. The van der Waals surface area contributed by atoms with Gasteiger partial charge in [-0.2, -0.15) is 5.26 Å². The van der Waals surface area contributed by atoms with Gasteiger partial charge in [-0.05, 0) is 38.5 Å². The van der Waals surface area contributed by atoms with Gasteiger partial charge in [-0.3, -0.25) is 4.57 Å². The maximum atomic E-state index is 8.88. The molecule has 2 aromatic rings. The fourth-order valence-corrected chi connectivity index (χ4v) is 2.47. The van der Waals surface area contributed by atoms with Crippen LogP contribution in [0.5, 0.6) is 0 Å². The first-order chi connectivity index (χ1) is 8.61. The van der Waals surface area contributed by atoms with E-state index in [-0.39, 0.29) is 5.25 Å². The van der Waals surface area contributed by atoms with Crippen LogP contribution in [0.15, 0.2) is 29.4 Å². The maximum absolute atomic E-state index is 8.88. The predicted molar refractivity (Wildman–Crippen MR) is 71.8 cm³/mol. The molecule has 5 heteroatoms. The molecule has 0 aliphatic heterocycles. The Bertz CT molecular complexity index is 597. The summed E-state index contributed by atoms with van der Waals surface area (Å²) in [6.45, 7) is 5.82. The zero-order chi connectivity index (χ0) is 13.1. The molecule has 18 heavy (non-hydrogen) atoms. The second-order valence-corrected chi connectivity index (χ2v) is 5.40. The molecular formula is C13H14N4S. The van der Waals surface area contributed by atoms with Gasteiger partial charge < -0.3 is 0 Å². The molecule has 0 aliphatic carbocycles. The zero-order valence-electron chi connectivity index (χ0n) is 10.6. The van der Waals surface area contributed by atoms with E-state index in [0.29, 0.717) is 0 Å². The Kier molecular flexibility index (Phi) is 3.68. The second kappa shape index (κ2) is 5.23. The minimum absolute atomic E-state index is 0.142. The van der Waals surface area contributed by atoms with Crippen molar-refractivity contribution in [3.8, 4) is 11.8 Å². The van der Waals surface area contributed by atoms with Crippen LogP contribution in [0.1, 0.15) is 18.3 Å². The van der Waals surface area contributed by atoms with E-state index in [1.807, 2.05) is 43.5 Å². The molecule has 1 aromatic heterocycles. The molecule has 0 aliphatic rings. The lowest BCUT2D eigenvalue weighted by Gasteiger charge is -2.09. The van der Waals surface area contributed by atoms with E-state index in [2.05, 4.69) is 22.3 Å². The first-order valence-electron chi connectivity index (χ1n) is 5.67. The van der Waals surface area contributed by atoms with Gasteiger partial charge in [0.2, 0.25) is 0 Å². The van der Waals surface area contributed by atoms with E-state index in [9.17, 15) is 0 Å². The van der Waals surface area contributed by atoms with Gasteiger partial charge in [0.25, 0.3) is 0 Å². The van der Waals surface area contributed by atoms with Crippen molar-refractivity contribution in [2.75, 3.05) is 0 Å². The number of nitriles is 1. The molecule has 4 nitrogen and oxygen atoms in total. The zero-order valence-corrected chi connectivity index (χ0v) is 11.4. The van der Waals surface area contributed by atoms with Gasteiger partial charge in [-0.25, -0.2) is 0 Å². The summed E-state index contributed by atoms with van der Waals surface area (Å²) in [6.07, 6.45) is 0. The summed E-state index contributed by atoms with van der Waals surface area (Å²) < 4.78 is 1.98. The minimum atomic E-state index is -0.142. The van der Waals surface area contributed by atoms with Crippen LogP contribution in [0, 0.1) is 25.2 Å². The Hall–Kier alpha value is -1.80. The van der Waals surface area contributed by atoms with E-state index in [1.165, 1.54) is 17.3 Å². The van der Waals surface area contributed by atoms with E-state index >= 15 is 0 Å². The fraction of sp³-hybridized carbons (Fsp3) is 0.308. The predicted octanol–water partition coefficient (Wildman–Crippen LogP) is 2.89. The summed E-state index contributed by atoms with van der Waals surface area (Å²) in [6, 6.07) is 10.3. The van der Waals surface area contributed by atoms with Crippen LogP contribution < -0.4 is 0 Å². The number of aromatic nitrogens is 3. The van der Waals surface area contributed by atoms with E-state index < -0.39 is 0 Å². The van der Waals surface area contributed by atoms with Crippen LogP contribution in [0.3, 0.4) is 0 Å². The molecule has 92 valence electrons. The van der Waals surface area contributed by atoms with Crippen LogP contribution in [0.2, 0.25) is 0 Å². The van der Waals surface area contributed by atoms with Crippen molar-refractivity contribution in [2.24, 2.45) is 0 Å². The highest BCUT2D eigenvalue weighted by Crippen LogP contribution is 2.25. The van der Waals surface area contributed by atoms with Gasteiger partial charge in [-0.15, -0.1) is 10.2 Å². The van der Waals surface area contributed by atoms with Gasteiger partial charge in [0.15, 0.2) is 5.16 Å². The van der Waals surface area contributed by atoms with E-state index in [4.69, 9.17) is 5.26 Å². The second-order valence-electron chi connectivity index (χ2n) is 4.09. The van der Waals surface area contributed by atoms with Crippen molar-refractivity contribution in [3.63, 3.8) is 0 Å². The number of thioether (sulfide) groups is 1. The van der Waals surface area contributed by atoms with Crippen LogP contribution in [0.25, 0.3) is 5.69 Å². The first-order valence-corrected chi connectivity index (χ1v) is 6.55. The molecule has 0 amide bonds. The average Bonchev–Trinajstić information content (AvgIpc) is 2.70. The van der Waals surface area contributed by atoms with Crippen LogP contribution >= 0.6 is 11.8 Å². The number of hydrogen-bond acceptors (Lipinski definition) is 4. The third kappa shape index (κ3) is 2.54. The van der Waals surface area contributed by atoms with Crippen molar-refractivity contribution in [1.29, 1.82) is 5.26 Å². The van der Waals surface area contributed by atoms with Crippen molar-refractivity contribution in [3.05, 3.63) is 35.7 Å². The van der Waals surface area contributed by atoms with Gasteiger partial charge in [0, 0.05) is 5.69 Å². The Labute approximate surface area is 111 Å². The molecule has 1 atom stereocenters. The molecule has 1 aromatic carbocycles. The molecule has 0 spiro atoms. The largest absolute Gasteiger partial charge is 0.274 e. The Balaban J connectivity index is 2.44. The number of nitrogens with zero attached hydrogens (tertiary/aromatic N) is 4. The van der Waals surface area contributed by atoms with Gasteiger partial charge in [0.1, 0.15) is 5.82 Å². The summed E-state index contributed by atoms with van der Waals surface area (Å²) in [5, 5.41) is 17.7. The highest BCUT2D eigenvalue weighted by atomic mass is 32.2. The highest BCUT2D eigenvalue weighted by molar-refractivity contribution is 8.00. The van der Waals surface area contributed by atoms with Crippen LogP contribution in [-0.4, -0.2) is 20.0 Å². The van der Waals surface area contributed by atoms with Crippen LogP contribution in [0.4, 0.5) is 0 Å². The summed E-state index contributed by atoms with van der Waals surface area (Å²) in [7, 11) is 0. The monoisotopic (exact) mass is 258 g/mol. The maximum Gasteiger partial charge on any atom is 0.197 e. The summed E-state index contributed by atoms with van der Waals surface area (Å²) in [5.74, 6) is 0.827. The van der Waals surface area contributed by atoms with Crippen molar-refractivity contribution < 1.29 is 0 Å². The lowest BCUT2D eigenvalue weighted by molar-refractivity contribution is 0.865. The SMILES string of the molecule is Cc1cccc(-n2c(C)nnc2S[C@H](C)C#N)c1. The number of aryl methyl sites for hydroxylation is 2. The molecule has 1 heterocycles. The lowest BCUT2D eigenvalue weighted by atomic mass is 10.2. The van der Waals surface area contributed by atoms with Gasteiger partial charge in [0.05, 0.1) is 11.3 Å². The standard InChI is InChI=1S/C13H14N4S/c1-9-5-4-6-12(7-9)17-11(3)15-16-13(17)18-10(2)8-14/h4-7,10H,1-3H3/t10-/m1/s1. The molecule has 2 rings (SSSR count). The van der Waals surface area contributed by atoms with Gasteiger partial charge in [-0.1, -0.05) is 23.9 Å². The lowest BCUT2D eigenvalue weighted by Crippen LogP contribution is -2.01. The molecule has 0 saturated heterocycles. The highest BCUT2D eigenvalue weighted by Gasteiger charge is 2.14. The summed E-state index contributed by atoms with van der Waals surface area (Å²) in [5.41, 5.74) is 2.22. The molecule has 0 N–H and O–H groups in total. The van der Waals surface area contributed by atoms with E-state index in [0.717, 1.165) is 16.7 Å². The molecule has 0 fully saturated rings. The Morgan fingerprint density at radius 3 is 2.78 bits per heavy atom. The Morgan fingerprint density at radius 1 is 1.33 bits per heavy atom. The Morgan fingerprint density at radius 2 is 2.11 bits per heavy atom. The fourth-order valence-electron chi connectivity index (χ4n) is 1.67. The quantitative estimate of drug-likeness (QED) is 0.794. The van der Waals surface area contributed by atoms with Crippen molar-refractivity contribution >= 4 is 11.8 Å². The smallest absolute Gasteiger partial charge is 0.197 e. The average molecular weight is 258 g/mol. The minimum Gasteiger partial charge on any atom is -0.274 e. The molecule has 0 unspecified atom stereocenters. The van der Waals surface area contributed by atoms with Crippen molar-refractivity contribution in [2.45, 2.75) is 31.2 Å². The molecule has 0 saturated carbocycles. The number of hydrogen-bond donors (Lipinski definition) is 0. The summed E-state index contributed by atoms with van der Waals surface area (Å²) in [4.78, 5) is 0. The topological polar surface area (TPSA) is 54.5 Å².